The maximum absolute atomic E-state index is 13.4. The normalized spacial score (nSPS) is 8.67. The Balaban J connectivity index is 3.03. The molecule has 0 aliphatic carbocycles. The Morgan fingerprint density at radius 1 is 1.39 bits per heavy atom. The fourth-order valence-electron chi connectivity index (χ4n) is 1.09. The molecular formula is C11H8FN5O. The van der Waals surface area contributed by atoms with Gasteiger partial charge >= 0.3 is 0 Å². The van der Waals surface area contributed by atoms with Crippen LogP contribution in [0.4, 0.5) is 10.1 Å². The van der Waals surface area contributed by atoms with E-state index in [9.17, 15) is 9.18 Å². The smallest absolute Gasteiger partial charge is 0.251 e. The van der Waals surface area contributed by atoms with Gasteiger partial charge in [0.05, 0.1) is 5.69 Å². The lowest BCUT2D eigenvalue weighted by Crippen LogP contribution is -2.18. The Kier molecular flexibility index (Phi) is 4.35. The van der Waals surface area contributed by atoms with Gasteiger partial charge in [-0.1, -0.05) is 0 Å². The van der Waals surface area contributed by atoms with Crippen molar-refractivity contribution in [3.63, 3.8) is 0 Å². The number of benzene rings is 1. The van der Waals surface area contributed by atoms with Gasteiger partial charge in [-0.15, -0.1) is 0 Å². The molecule has 90 valence electrons. The van der Waals surface area contributed by atoms with Gasteiger partial charge in [0.15, 0.2) is 0 Å². The third-order valence-electron chi connectivity index (χ3n) is 1.96. The second-order valence-electron chi connectivity index (χ2n) is 3.07. The van der Waals surface area contributed by atoms with E-state index >= 15 is 0 Å². The van der Waals surface area contributed by atoms with E-state index in [1.807, 2.05) is 0 Å². The molecule has 0 heterocycles. The highest BCUT2D eigenvalue weighted by atomic mass is 19.1. The summed E-state index contributed by atoms with van der Waals surface area (Å²) in [4.78, 5) is 11.3. The van der Waals surface area contributed by atoms with Crippen LogP contribution < -0.4 is 10.7 Å². The largest absolute Gasteiger partial charge is 0.355 e. The van der Waals surface area contributed by atoms with Crippen LogP contribution in [0.15, 0.2) is 23.3 Å². The standard InChI is InChI=1S/C11H8FN5O/c1-15-11(18)7-2-3-9(12)10(4-7)17-16-8(5-13)6-14/h2-4,17H,1H3,(H,15,18). The van der Waals surface area contributed by atoms with Crippen molar-refractivity contribution in [1.82, 2.24) is 5.32 Å². The molecule has 1 rings (SSSR count). The van der Waals surface area contributed by atoms with E-state index in [0.29, 0.717) is 0 Å². The lowest BCUT2D eigenvalue weighted by molar-refractivity contribution is 0.0963. The first-order valence-electron chi connectivity index (χ1n) is 4.78. The average molecular weight is 245 g/mol. The fraction of sp³-hybridized carbons (Fsp3) is 0.0909. The summed E-state index contributed by atoms with van der Waals surface area (Å²) in [6.07, 6.45) is 0. The van der Waals surface area contributed by atoms with Gasteiger partial charge in [-0.05, 0) is 18.2 Å². The maximum Gasteiger partial charge on any atom is 0.251 e. The first-order chi connectivity index (χ1) is 8.62. The van der Waals surface area contributed by atoms with Gasteiger partial charge in [-0.25, -0.2) is 4.39 Å². The molecular weight excluding hydrogens is 237 g/mol. The molecule has 0 aliphatic heterocycles. The predicted molar refractivity (Wildman–Crippen MR) is 62.1 cm³/mol. The van der Waals surface area contributed by atoms with Gasteiger partial charge in [-0.3, -0.25) is 10.2 Å². The molecule has 1 aromatic rings. The zero-order valence-corrected chi connectivity index (χ0v) is 9.36. The van der Waals surface area contributed by atoms with Gasteiger partial charge in [0.25, 0.3) is 5.91 Å². The van der Waals surface area contributed by atoms with E-state index in [1.54, 1.807) is 0 Å². The van der Waals surface area contributed by atoms with Crippen molar-refractivity contribution in [2.45, 2.75) is 0 Å². The van der Waals surface area contributed by atoms with E-state index in [-0.39, 0.29) is 17.2 Å². The number of carbonyl (C=O) groups is 1. The Labute approximate surface area is 102 Å². The summed E-state index contributed by atoms with van der Waals surface area (Å²) in [6.45, 7) is 0. The molecule has 0 saturated carbocycles. The molecule has 2 N–H and O–H groups in total. The quantitative estimate of drug-likeness (QED) is 0.612. The molecule has 6 nitrogen and oxygen atoms in total. The Hall–Kier alpha value is -2.93. The Bertz CT molecular complexity index is 566. The number of rotatable bonds is 3. The minimum absolute atomic E-state index is 0.0981. The summed E-state index contributed by atoms with van der Waals surface area (Å²) in [5.74, 6) is -1.04. The summed E-state index contributed by atoms with van der Waals surface area (Å²) in [5, 5.41) is 22.7. The van der Waals surface area contributed by atoms with E-state index in [1.165, 1.54) is 31.3 Å². The van der Waals surface area contributed by atoms with Gasteiger partial charge in [0.1, 0.15) is 18.0 Å². The highest BCUT2D eigenvalue weighted by Gasteiger charge is 2.08. The molecule has 18 heavy (non-hydrogen) atoms. The van der Waals surface area contributed by atoms with Gasteiger partial charge in [0.2, 0.25) is 5.71 Å². The molecule has 0 spiro atoms. The summed E-state index contributed by atoms with van der Waals surface area (Å²) >= 11 is 0. The minimum Gasteiger partial charge on any atom is -0.355 e. The van der Waals surface area contributed by atoms with E-state index < -0.39 is 11.5 Å². The SMILES string of the molecule is CNC(=O)c1ccc(F)c(NN=C(C#N)C#N)c1. The molecule has 0 saturated heterocycles. The number of nitrogens with zero attached hydrogens (tertiary/aromatic N) is 3. The minimum atomic E-state index is -0.651. The fourth-order valence-corrected chi connectivity index (χ4v) is 1.09. The van der Waals surface area contributed by atoms with E-state index in [2.05, 4.69) is 15.8 Å². The summed E-state index contributed by atoms with van der Waals surface area (Å²) in [6, 6.07) is 6.64. The lowest BCUT2D eigenvalue weighted by atomic mass is 10.2. The maximum atomic E-state index is 13.4. The van der Waals surface area contributed by atoms with Gasteiger partial charge in [-0.2, -0.15) is 15.6 Å². The molecule has 0 aromatic heterocycles. The van der Waals surface area contributed by atoms with Crippen molar-refractivity contribution in [3.8, 4) is 12.1 Å². The zero-order chi connectivity index (χ0) is 13.5. The van der Waals surface area contributed by atoms with Crippen LogP contribution in [-0.4, -0.2) is 18.7 Å². The molecule has 1 amide bonds. The third-order valence-corrected chi connectivity index (χ3v) is 1.96. The van der Waals surface area contributed by atoms with Gasteiger partial charge in [0, 0.05) is 12.6 Å². The van der Waals surface area contributed by atoms with Crippen LogP contribution in [0.2, 0.25) is 0 Å². The Morgan fingerprint density at radius 2 is 2.06 bits per heavy atom. The van der Waals surface area contributed by atoms with Crippen molar-refractivity contribution in [2.75, 3.05) is 12.5 Å². The second-order valence-corrected chi connectivity index (χ2v) is 3.07. The molecule has 0 atom stereocenters. The number of halogens is 1. The number of amides is 1. The van der Waals surface area contributed by atoms with E-state index in [4.69, 9.17) is 10.5 Å². The van der Waals surface area contributed by atoms with Crippen molar-refractivity contribution in [3.05, 3.63) is 29.6 Å². The first kappa shape index (κ1) is 13.1. The second kappa shape index (κ2) is 5.97. The summed E-state index contributed by atoms with van der Waals surface area (Å²) in [7, 11) is 1.44. The topological polar surface area (TPSA) is 101 Å². The molecule has 0 radical (unpaired) electrons. The molecule has 0 aliphatic rings. The third kappa shape index (κ3) is 3.03. The number of anilines is 1. The van der Waals surface area contributed by atoms with Crippen molar-refractivity contribution in [2.24, 2.45) is 5.10 Å². The number of carbonyl (C=O) groups excluding carboxylic acids is 1. The monoisotopic (exact) mass is 245 g/mol. The first-order valence-corrected chi connectivity index (χ1v) is 4.78. The highest BCUT2D eigenvalue weighted by molar-refractivity contribution is 6.10. The number of hydrogen-bond donors (Lipinski definition) is 2. The number of hydrogen-bond acceptors (Lipinski definition) is 5. The van der Waals surface area contributed by atoms with Crippen molar-refractivity contribution in [1.29, 1.82) is 10.5 Å². The molecule has 7 heteroatoms. The molecule has 0 bridgehead atoms. The van der Waals surface area contributed by atoms with Crippen LogP contribution in [0.1, 0.15) is 10.4 Å². The van der Waals surface area contributed by atoms with Gasteiger partial charge < -0.3 is 5.32 Å². The lowest BCUT2D eigenvalue weighted by Gasteiger charge is -2.05. The van der Waals surface area contributed by atoms with Crippen LogP contribution in [0.5, 0.6) is 0 Å². The summed E-state index contributed by atoms with van der Waals surface area (Å²) in [5.41, 5.74) is 1.91. The summed E-state index contributed by atoms with van der Waals surface area (Å²) < 4.78 is 13.4. The van der Waals surface area contributed by atoms with Crippen molar-refractivity contribution < 1.29 is 9.18 Å². The van der Waals surface area contributed by atoms with Crippen LogP contribution in [0.25, 0.3) is 0 Å². The molecule has 0 unspecified atom stereocenters. The highest BCUT2D eigenvalue weighted by Crippen LogP contribution is 2.16. The molecule has 1 aromatic carbocycles. The average Bonchev–Trinajstić information content (AvgIpc) is 2.40. The predicted octanol–water partition coefficient (Wildman–Crippen LogP) is 1.00. The number of nitrogens with one attached hydrogen (secondary N) is 2. The van der Waals surface area contributed by atoms with Crippen LogP contribution in [0, 0.1) is 28.5 Å². The Morgan fingerprint density at radius 3 is 2.61 bits per heavy atom. The number of hydrazone groups is 1. The van der Waals surface area contributed by atoms with Crippen molar-refractivity contribution >= 4 is 17.3 Å². The zero-order valence-electron chi connectivity index (χ0n) is 9.36. The number of nitriles is 2. The van der Waals surface area contributed by atoms with Crippen LogP contribution >= 0.6 is 0 Å². The van der Waals surface area contributed by atoms with Crippen LogP contribution in [-0.2, 0) is 0 Å². The molecule has 0 fully saturated rings. The van der Waals surface area contributed by atoms with E-state index in [0.717, 1.165) is 6.07 Å². The van der Waals surface area contributed by atoms with Crippen LogP contribution in [0.3, 0.4) is 0 Å².